The Balaban J connectivity index is 1.96. The van der Waals surface area contributed by atoms with E-state index in [2.05, 4.69) is 96.4 Å². The lowest BCUT2D eigenvalue weighted by Crippen LogP contribution is -2.11. The van der Waals surface area contributed by atoms with Gasteiger partial charge in [-0.15, -0.1) is 0 Å². The standard InChI is InChI=1S/C22H17N/c1-2-17-11-15-20(16-12-17)23-21-9-5-3-7-18(21)13-14-19-8-4-6-10-22(19)23/h2-16H,1H2. The van der Waals surface area contributed by atoms with Crippen molar-refractivity contribution in [2.75, 3.05) is 4.90 Å². The summed E-state index contributed by atoms with van der Waals surface area (Å²) in [7, 11) is 0. The van der Waals surface area contributed by atoms with Gasteiger partial charge in [0.15, 0.2) is 0 Å². The molecule has 0 aromatic heterocycles. The summed E-state index contributed by atoms with van der Waals surface area (Å²) < 4.78 is 0. The van der Waals surface area contributed by atoms with Crippen molar-refractivity contribution in [2.24, 2.45) is 0 Å². The van der Waals surface area contributed by atoms with E-state index in [0.29, 0.717) is 0 Å². The van der Waals surface area contributed by atoms with Gasteiger partial charge < -0.3 is 4.90 Å². The lowest BCUT2D eigenvalue weighted by atomic mass is 10.1. The molecule has 1 aliphatic heterocycles. The van der Waals surface area contributed by atoms with Crippen molar-refractivity contribution in [3.8, 4) is 0 Å². The highest BCUT2D eigenvalue weighted by atomic mass is 15.1. The summed E-state index contributed by atoms with van der Waals surface area (Å²) in [5, 5.41) is 0. The van der Waals surface area contributed by atoms with E-state index in [1.54, 1.807) is 0 Å². The molecule has 1 heteroatoms. The first kappa shape index (κ1) is 13.6. The quantitative estimate of drug-likeness (QED) is 0.420. The van der Waals surface area contributed by atoms with E-state index >= 15 is 0 Å². The fourth-order valence-corrected chi connectivity index (χ4v) is 3.01. The minimum atomic E-state index is 1.13. The van der Waals surface area contributed by atoms with E-state index in [4.69, 9.17) is 0 Å². The van der Waals surface area contributed by atoms with E-state index in [9.17, 15) is 0 Å². The van der Waals surface area contributed by atoms with Crippen molar-refractivity contribution in [1.82, 2.24) is 0 Å². The zero-order chi connectivity index (χ0) is 15.6. The molecule has 0 saturated carbocycles. The summed E-state index contributed by atoms with van der Waals surface area (Å²) in [5.74, 6) is 0. The van der Waals surface area contributed by atoms with Crippen molar-refractivity contribution < 1.29 is 0 Å². The normalized spacial score (nSPS) is 12.3. The Hall–Kier alpha value is -3.06. The average Bonchev–Trinajstić information content (AvgIpc) is 2.79. The maximum Gasteiger partial charge on any atom is 0.0534 e. The Morgan fingerprint density at radius 2 is 1.17 bits per heavy atom. The molecule has 0 amide bonds. The summed E-state index contributed by atoms with van der Waals surface area (Å²) >= 11 is 0. The van der Waals surface area contributed by atoms with Crippen LogP contribution in [0.1, 0.15) is 16.7 Å². The molecule has 0 radical (unpaired) electrons. The van der Waals surface area contributed by atoms with Crippen molar-refractivity contribution in [2.45, 2.75) is 0 Å². The molecule has 0 fully saturated rings. The zero-order valence-corrected chi connectivity index (χ0v) is 12.8. The third-order valence-electron chi connectivity index (χ3n) is 4.18. The number of anilines is 3. The van der Waals surface area contributed by atoms with Crippen LogP contribution >= 0.6 is 0 Å². The lowest BCUT2D eigenvalue weighted by molar-refractivity contribution is 1.28. The Morgan fingerprint density at radius 3 is 1.70 bits per heavy atom. The minimum absolute atomic E-state index is 1.13. The zero-order valence-electron chi connectivity index (χ0n) is 12.8. The lowest BCUT2D eigenvalue weighted by Gasteiger charge is -2.27. The van der Waals surface area contributed by atoms with Crippen LogP contribution in [0.15, 0.2) is 79.4 Å². The number of para-hydroxylation sites is 2. The van der Waals surface area contributed by atoms with Crippen LogP contribution in [0.2, 0.25) is 0 Å². The van der Waals surface area contributed by atoms with E-state index < -0.39 is 0 Å². The van der Waals surface area contributed by atoms with Crippen LogP contribution in [0, 0.1) is 0 Å². The monoisotopic (exact) mass is 295 g/mol. The summed E-state index contributed by atoms with van der Waals surface area (Å²) in [6.45, 7) is 3.84. The SMILES string of the molecule is C=Cc1ccc(N2c3ccccc3C=Cc3ccccc32)cc1. The van der Waals surface area contributed by atoms with Gasteiger partial charge in [0.05, 0.1) is 11.4 Å². The molecular formula is C22H17N. The summed E-state index contributed by atoms with van der Waals surface area (Å²) in [6, 6.07) is 25.5. The third-order valence-corrected chi connectivity index (χ3v) is 4.18. The Morgan fingerprint density at radius 1 is 0.652 bits per heavy atom. The molecule has 110 valence electrons. The first-order chi connectivity index (χ1) is 11.4. The Kier molecular flexibility index (Phi) is 3.32. The molecule has 0 bridgehead atoms. The van der Waals surface area contributed by atoms with Gasteiger partial charge >= 0.3 is 0 Å². The summed E-state index contributed by atoms with van der Waals surface area (Å²) in [6.07, 6.45) is 6.24. The van der Waals surface area contributed by atoms with Gasteiger partial charge in [-0.3, -0.25) is 0 Å². The largest absolute Gasteiger partial charge is 0.309 e. The number of benzene rings is 3. The van der Waals surface area contributed by atoms with Crippen molar-refractivity contribution in [3.05, 3.63) is 96.1 Å². The van der Waals surface area contributed by atoms with Crippen LogP contribution in [-0.2, 0) is 0 Å². The minimum Gasteiger partial charge on any atom is -0.309 e. The average molecular weight is 295 g/mol. The van der Waals surface area contributed by atoms with Crippen LogP contribution < -0.4 is 4.90 Å². The van der Waals surface area contributed by atoms with Crippen LogP contribution in [0.4, 0.5) is 17.1 Å². The molecule has 1 aliphatic rings. The second-order valence-corrected chi connectivity index (χ2v) is 5.58. The van der Waals surface area contributed by atoms with Crippen molar-refractivity contribution in [1.29, 1.82) is 0 Å². The van der Waals surface area contributed by atoms with Crippen LogP contribution in [0.5, 0.6) is 0 Å². The molecule has 0 N–H and O–H groups in total. The molecular weight excluding hydrogens is 278 g/mol. The predicted molar refractivity (Wildman–Crippen MR) is 100 cm³/mol. The fourth-order valence-electron chi connectivity index (χ4n) is 3.01. The first-order valence-electron chi connectivity index (χ1n) is 7.75. The molecule has 1 nitrogen and oxygen atoms in total. The van der Waals surface area contributed by atoms with Crippen LogP contribution in [0.25, 0.3) is 18.2 Å². The van der Waals surface area contributed by atoms with Gasteiger partial charge in [-0.2, -0.15) is 0 Å². The number of rotatable bonds is 2. The Bertz CT molecular complexity index is 838. The number of hydrogen-bond acceptors (Lipinski definition) is 1. The molecule has 3 aromatic carbocycles. The molecule has 0 atom stereocenters. The van der Waals surface area contributed by atoms with Crippen molar-refractivity contribution in [3.63, 3.8) is 0 Å². The molecule has 0 saturated heterocycles. The van der Waals surface area contributed by atoms with Crippen molar-refractivity contribution >= 4 is 35.3 Å². The molecule has 23 heavy (non-hydrogen) atoms. The van der Waals surface area contributed by atoms with Crippen LogP contribution in [0.3, 0.4) is 0 Å². The molecule has 0 spiro atoms. The van der Waals surface area contributed by atoms with Gasteiger partial charge in [-0.05, 0) is 41.0 Å². The first-order valence-corrected chi connectivity index (χ1v) is 7.75. The molecule has 0 aliphatic carbocycles. The van der Waals surface area contributed by atoms with E-state index in [1.807, 2.05) is 6.08 Å². The van der Waals surface area contributed by atoms with Gasteiger partial charge in [0.25, 0.3) is 0 Å². The van der Waals surface area contributed by atoms with E-state index in [-0.39, 0.29) is 0 Å². The maximum absolute atomic E-state index is 3.84. The van der Waals surface area contributed by atoms with Gasteiger partial charge in [0, 0.05) is 5.69 Å². The third kappa shape index (κ3) is 2.36. The van der Waals surface area contributed by atoms with Gasteiger partial charge in [0.1, 0.15) is 0 Å². The predicted octanol–water partition coefficient (Wildman–Crippen LogP) is 6.28. The molecule has 1 heterocycles. The second-order valence-electron chi connectivity index (χ2n) is 5.58. The smallest absolute Gasteiger partial charge is 0.0534 e. The summed E-state index contributed by atoms with van der Waals surface area (Å²) in [5.41, 5.74) is 7.11. The highest BCUT2D eigenvalue weighted by molar-refractivity contribution is 5.93. The van der Waals surface area contributed by atoms with Gasteiger partial charge in [0.2, 0.25) is 0 Å². The Labute approximate surface area is 136 Å². The van der Waals surface area contributed by atoms with Crippen LogP contribution in [-0.4, -0.2) is 0 Å². The second kappa shape index (κ2) is 5.62. The van der Waals surface area contributed by atoms with Gasteiger partial charge in [-0.25, -0.2) is 0 Å². The highest BCUT2D eigenvalue weighted by Crippen LogP contribution is 2.41. The number of hydrogen-bond donors (Lipinski definition) is 0. The molecule has 3 aromatic rings. The highest BCUT2D eigenvalue weighted by Gasteiger charge is 2.18. The van der Waals surface area contributed by atoms with Gasteiger partial charge in [-0.1, -0.05) is 73.3 Å². The van der Waals surface area contributed by atoms with E-state index in [1.165, 1.54) is 22.5 Å². The topological polar surface area (TPSA) is 3.24 Å². The number of fused-ring (bicyclic) bond motifs is 2. The van der Waals surface area contributed by atoms with E-state index in [0.717, 1.165) is 11.3 Å². The maximum atomic E-state index is 3.84. The molecule has 4 rings (SSSR count). The number of nitrogens with zero attached hydrogens (tertiary/aromatic N) is 1. The fraction of sp³-hybridized carbons (Fsp3) is 0. The molecule has 0 unspecified atom stereocenters. The summed E-state index contributed by atoms with van der Waals surface area (Å²) in [4.78, 5) is 2.32.